The summed E-state index contributed by atoms with van der Waals surface area (Å²) < 4.78 is 16.3. The van der Waals surface area contributed by atoms with Crippen LogP contribution >= 0.6 is 11.6 Å². The minimum absolute atomic E-state index is 0.212. The van der Waals surface area contributed by atoms with Gasteiger partial charge in [-0.1, -0.05) is 18.2 Å². The zero-order chi connectivity index (χ0) is 12.8. The number of aromatic nitrogens is 1. The largest absolute Gasteiger partial charge is 0.443 e. The number of hydrogen-bond donors (Lipinski definition) is 0. The van der Waals surface area contributed by atoms with Crippen molar-refractivity contribution < 1.29 is 13.9 Å². The van der Waals surface area contributed by atoms with Gasteiger partial charge in [-0.05, 0) is 12.1 Å². The van der Waals surface area contributed by atoms with E-state index in [1.165, 1.54) is 0 Å². The van der Waals surface area contributed by atoms with E-state index < -0.39 is 0 Å². The average Bonchev–Trinajstić information content (AvgIpc) is 2.80. The second-order valence-electron chi connectivity index (χ2n) is 3.67. The Kier molecular flexibility index (Phi) is 4.61. The molecule has 0 saturated heterocycles. The number of alkyl halides is 1. The van der Waals surface area contributed by atoms with Crippen molar-refractivity contribution in [2.45, 2.75) is 6.10 Å². The number of nitrogens with zero attached hydrogens (tertiary/aromatic N) is 1. The fraction of sp³-hybridized carbons (Fsp3) is 0.308. The Morgan fingerprint density at radius 3 is 3.00 bits per heavy atom. The quantitative estimate of drug-likeness (QED) is 0.439. The molecule has 0 radical (unpaired) electrons. The second kappa shape index (κ2) is 6.42. The van der Waals surface area contributed by atoms with Crippen LogP contribution in [0.15, 0.2) is 41.3 Å². The molecule has 0 spiro atoms. The van der Waals surface area contributed by atoms with Crippen LogP contribution in [0.2, 0.25) is 0 Å². The Labute approximate surface area is 110 Å². The molecule has 1 aromatic carbocycles. The zero-order valence-electron chi connectivity index (χ0n) is 9.84. The maximum absolute atomic E-state index is 5.79. The van der Waals surface area contributed by atoms with E-state index >= 15 is 0 Å². The van der Waals surface area contributed by atoms with Crippen LogP contribution in [0.25, 0.3) is 11.1 Å². The third-order valence-electron chi connectivity index (χ3n) is 2.25. The van der Waals surface area contributed by atoms with Gasteiger partial charge in [-0.15, -0.1) is 18.2 Å². The highest BCUT2D eigenvalue weighted by atomic mass is 35.5. The summed E-state index contributed by atoms with van der Waals surface area (Å²) in [6.45, 7) is 4.40. The van der Waals surface area contributed by atoms with Crippen LogP contribution in [0.1, 0.15) is 0 Å². The molecular formula is C13H14ClNO3. The minimum atomic E-state index is -0.292. The lowest BCUT2D eigenvalue weighted by Gasteiger charge is -2.12. The van der Waals surface area contributed by atoms with Gasteiger partial charge in [0.25, 0.3) is 0 Å². The number of oxazole rings is 1. The molecule has 96 valence electrons. The molecular weight excluding hydrogens is 254 g/mol. The second-order valence-corrected chi connectivity index (χ2v) is 3.98. The maximum Gasteiger partial charge on any atom is 0.395 e. The van der Waals surface area contributed by atoms with Crippen LogP contribution < -0.4 is 4.74 Å². The molecule has 4 nitrogen and oxygen atoms in total. The van der Waals surface area contributed by atoms with Gasteiger partial charge in [0.05, 0.1) is 19.1 Å². The van der Waals surface area contributed by atoms with Gasteiger partial charge in [0.2, 0.25) is 0 Å². The van der Waals surface area contributed by atoms with Crippen LogP contribution in [0.5, 0.6) is 6.08 Å². The molecule has 0 saturated carbocycles. The smallest absolute Gasteiger partial charge is 0.395 e. The highest BCUT2D eigenvalue weighted by Crippen LogP contribution is 2.20. The lowest BCUT2D eigenvalue weighted by Crippen LogP contribution is -2.25. The summed E-state index contributed by atoms with van der Waals surface area (Å²) in [4.78, 5) is 4.21. The summed E-state index contributed by atoms with van der Waals surface area (Å²) in [5.74, 6) is 0.301. The van der Waals surface area contributed by atoms with E-state index in [0.29, 0.717) is 24.7 Å². The predicted octanol–water partition coefficient (Wildman–Crippen LogP) is 3.02. The molecule has 0 aliphatic heterocycles. The molecule has 1 heterocycles. The van der Waals surface area contributed by atoms with Crippen LogP contribution in [0.4, 0.5) is 0 Å². The first-order chi connectivity index (χ1) is 8.83. The van der Waals surface area contributed by atoms with Crippen molar-refractivity contribution in [2.24, 2.45) is 0 Å². The van der Waals surface area contributed by atoms with Crippen molar-refractivity contribution in [3.63, 3.8) is 0 Å². The number of para-hydroxylation sites is 2. The fourth-order valence-electron chi connectivity index (χ4n) is 1.44. The van der Waals surface area contributed by atoms with Crippen LogP contribution in [-0.4, -0.2) is 30.2 Å². The third kappa shape index (κ3) is 3.24. The lowest BCUT2D eigenvalue weighted by molar-refractivity contribution is 0.0589. The van der Waals surface area contributed by atoms with Crippen molar-refractivity contribution in [1.29, 1.82) is 0 Å². The summed E-state index contributed by atoms with van der Waals surface area (Å²) in [5, 5.41) is 0. The molecule has 2 rings (SSSR count). The molecule has 1 aromatic heterocycles. The summed E-state index contributed by atoms with van der Waals surface area (Å²) >= 11 is 5.79. The van der Waals surface area contributed by atoms with E-state index in [9.17, 15) is 0 Å². The molecule has 1 unspecified atom stereocenters. The summed E-state index contributed by atoms with van der Waals surface area (Å²) in [6, 6.07) is 7.46. The topological polar surface area (TPSA) is 44.5 Å². The summed E-state index contributed by atoms with van der Waals surface area (Å²) in [5.41, 5.74) is 1.45. The molecule has 1 atom stereocenters. The number of rotatable bonds is 7. The van der Waals surface area contributed by atoms with Crippen LogP contribution in [-0.2, 0) is 4.74 Å². The van der Waals surface area contributed by atoms with E-state index in [1.54, 1.807) is 6.08 Å². The Hall–Kier alpha value is -1.52. The molecule has 2 aromatic rings. The Balaban J connectivity index is 1.99. The van der Waals surface area contributed by atoms with E-state index in [1.807, 2.05) is 24.3 Å². The van der Waals surface area contributed by atoms with Gasteiger partial charge in [0.15, 0.2) is 5.58 Å². The number of halogens is 1. The molecule has 18 heavy (non-hydrogen) atoms. The number of ether oxygens (including phenoxy) is 2. The first-order valence-corrected chi connectivity index (χ1v) is 6.13. The van der Waals surface area contributed by atoms with Crippen molar-refractivity contribution in [3.05, 3.63) is 36.9 Å². The normalized spacial score (nSPS) is 12.5. The van der Waals surface area contributed by atoms with Crippen LogP contribution in [0, 0.1) is 0 Å². The van der Waals surface area contributed by atoms with Gasteiger partial charge in [-0.2, -0.15) is 4.98 Å². The summed E-state index contributed by atoms with van der Waals surface area (Å²) in [7, 11) is 0. The molecule has 0 bridgehead atoms. The Morgan fingerprint density at radius 1 is 1.44 bits per heavy atom. The molecule has 0 amide bonds. The SMILES string of the molecule is C=CCOCC(CCl)Oc1nc2ccccc2o1. The highest BCUT2D eigenvalue weighted by Gasteiger charge is 2.14. The van der Waals surface area contributed by atoms with Gasteiger partial charge in [0, 0.05) is 0 Å². The minimum Gasteiger partial charge on any atom is -0.443 e. The maximum atomic E-state index is 5.79. The van der Waals surface area contributed by atoms with Gasteiger partial charge < -0.3 is 13.9 Å². The monoisotopic (exact) mass is 267 g/mol. The lowest BCUT2D eigenvalue weighted by atomic mass is 10.3. The first-order valence-electron chi connectivity index (χ1n) is 5.60. The van der Waals surface area contributed by atoms with Gasteiger partial charge in [-0.25, -0.2) is 0 Å². The van der Waals surface area contributed by atoms with E-state index in [-0.39, 0.29) is 12.2 Å². The fourth-order valence-corrected chi connectivity index (χ4v) is 1.59. The van der Waals surface area contributed by atoms with Gasteiger partial charge in [0.1, 0.15) is 11.6 Å². The highest BCUT2D eigenvalue weighted by molar-refractivity contribution is 6.18. The van der Waals surface area contributed by atoms with Gasteiger partial charge in [-0.3, -0.25) is 0 Å². The van der Waals surface area contributed by atoms with Gasteiger partial charge >= 0.3 is 6.08 Å². The molecule has 5 heteroatoms. The van der Waals surface area contributed by atoms with E-state index in [2.05, 4.69) is 11.6 Å². The predicted molar refractivity (Wildman–Crippen MR) is 70.2 cm³/mol. The number of benzene rings is 1. The zero-order valence-corrected chi connectivity index (χ0v) is 10.6. The standard InChI is InChI=1S/C13H14ClNO3/c1-2-7-16-9-10(8-14)17-13-15-11-5-3-4-6-12(11)18-13/h2-6,10H,1,7-9H2. The van der Waals surface area contributed by atoms with Crippen molar-refractivity contribution in [2.75, 3.05) is 19.1 Å². The van der Waals surface area contributed by atoms with Crippen molar-refractivity contribution >= 4 is 22.7 Å². The molecule has 0 fully saturated rings. The van der Waals surface area contributed by atoms with E-state index in [0.717, 1.165) is 5.52 Å². The molecule has 0 aliphatic rings. The Bertz CT molecular complexity index is 479. The molecule has 0 aliphatic carbocycles. The number of hydrogen-bond acceptors (Lipinski definition) is 4. The van der Waals surface area contributed by atoms with E-state index in [4.69, 9.17) is 25.5 Å². The first kappa shape index (κ1) is 12.9. The molecule has 0 N–H and O–H groups in total. The van der Waals surface area contributed by atoms with Crippen molar-refractivity contribution in [1.82, 2.24) is 4.98 Å². The summed E-state index contributed by atoms with van der Waals surface area (Å²) in [6.07, 6.45) is 1.59. The van der Waals surface area contributed by atoms with Crippen molar-refractivity contribution in [3.8, 4) is 6.08 Å². The van der Waals surface area contributed by atoms with Crippen LogP contribution in [0.3, 0.4) is 0 Å². The number of fused-ring (bicyclic) bond motifs is 1. The average molecular weight is 268 g/mol. The third-order valence-corrected chi connectivity index (χ3v) is 2.60. The Morgan fingerprint density at radius 2 is 2.28 bits per heavy atom.